The average molecular weight is 360 g/mol. The van der Waals surface area contributed by atoms with E-state index in [9.17, 15) is 9.59 Å². The lowest BCUT2D eigenvalue weighted by Gasteiger charge is -2.50. The molecule has 0 unspecified atom stereocenters. The summed E-state index contributed by atoms with van der Waals surface area (Å²) >= 11 is 0. The number of esters is 2. The van der Waals surface area contributed by atoms with Crippen LogP contribution in [0.2, 0.25) is 0 Å². The summed E-state index contributed by atoms with van der Waals surface area (Å²) in [7, 11) is 4.51. The predicted molar refractivity (Wildman–Crippen MR) is 97.0 cm³/mol. The topological polar surface area (TPSA) is 61.8 Å². The van der Waals surface area contributed by atoms with E-state index in [0.29, 0.717) is 12.3 Å². The van der Waals surface area contributed by atoms with Crippen LogP contribution in [0, 0.1) is 17.3 Å². The van der Waals surface area contributed by atoms with Crippen molar-refractivity contribution in [1.29, 1.82) is 0 Å². The fraction of sp³-hybridized carbons (Fsp3) is 0.619. The largest absolute Gasteiger partial charge is 0.497 e. The molecule has 5 heteroatoms. The van der Waals surface area contributed by atoms with Crippen molar-refractivity contribution >= 4 is 11.9 Å². The zero-order valence-corrected chi connectivity index (χ0v) is 16.0. The van der Waals surface area contributed by atoms with Gasteiger partial charge in [0.05, 0.1) is 26.7 Å². The number of methoxy groups -OCH3 is 3. The molecule has 4 atom stereocenters. The quantitative estimate of drug-likeness (QED) is 0.769. The predicted octanol–water partition coefficient (Wildman–Crippen LogP) is 3.49. The molecular formula is C21H28O5. The lowest BCUT2D eigenvalue weighted by atomic mass is 9.54. The third-order valence-electron chi connectivity index (χ3n) is 6.59. The van der Waals surface area contributed by atoms with E-state index in [1.807, 2.05) is 13.0 Å². The van der Waals surface area contributed by atoms with E-state index in [4.69, 9.17) is 14.2 Å². The second-order valence-electron chi connectivity index (χ2n) is 7.71. The van der Waals surface area contributed by atoms with Crippen LogP contribution in [0.3, 0.4) is 0 Å². The van der Waals surface area contributed by atoms with Crippen LogP contribution in [0.1, 0.15) is 49.7 Å². The molecule has 1 aromatic rings. The molecule has 0 N–H and O–H groups in total. The van der Waals surface area contributed by atoms with Gasteiger partial charge in [0.1, 0.15) is 5.75 Å². The van der Waals surface area contributed by atoms with Gasteiger partial charge in [0, 0.05) is 6.42 Å². The molecule has 5 nitrogen and oxygen atoms in total. The van der Waals surface area contributed by atoms with Gasteiger partial charge in [0.15, 0.2) is 0 Å². The maximum absolute atomic E-state index is 12.6. The molecule has 2 aliphatic rings. The lowest BCUT2D eigenvalue weighted by Crippen LogP contribution is -2.48. The minimum absolute atomic E-state index is 0.0728. The third kappa shape index (κ3) is 3.08. The van der Waals surface area contributed by atoms with Crippen molar-refractivity contribution in [2.75, 3.05) is 21.3 Å². The second-order valence-corrected chi connectivity index (χ2v) is 7.71. The molecular weight excluding hydrogens is 332 g/mol. The molecule has 0 saturated heterocycles. The molecule has 1 saturated carbocycles. The molecule has 1 fully saturated rings. The SMILES string of the molecule is COC(=O)C[C@H]1[C@H]2CCc3cc(OC)ccc3[C@@H]2CC[C@]1(C)C(=O)OC. The van der Waals surface area contributed by atoms with Gasteiger partial charge < -0.3 is 14.2 Å². The molecule has 0 aliphatic heterocycles. The number of hydrogen-bond acceptors (Lipinski definition) is 5. The number of benzene rings is 1. The first-order chi connectivity index (χ1) is 12.4. The number of rotatable bonds is 4. The van der Waals surface area contributed by atoms with Gasteiger partial charge in [-0.25, -0.2) is 0 Å². The summed E-state index contributed by atoms with van der Waals surface area (Å²) in [4.78, 5) is 24.7. The first-order valence-electron chi connectivity index (χ1n) is 9.26. The highest BCUT2D eigenvalue weighted by atomic mass is 16.5. The van der Waals surface area contributed by atoms with Crippen molar-refractivity contribution in [3.8, 4) is 5.75 Å². The first kappa shape index (κ1) is 18.7. The van der Waals surface area contributed by atoms with Crippen LogP contribution < -0.4 is 4.74 Å². The Bertz CT molecular complexity index is 698. The molecule has 0 heterocycles. The molecule has 0 aromatic heterocycles. The highest BCUT2D eigenvalue weighted by Crippen LogP contribution is 2.56. The summed E-state index contributed by atoms with van der Waals surface area (Å²) in [6.45, 7) is 1.95. The molecule has 0 spiro atoms. The summed E-state index contributed by atoms with van der Waals surface area (Å²) in [5, 5.41) is 0. The van der Waals surface area contributed by atoms with Gasteiger partial charge >= 0.3 is 11.9 Å². The molecule has 2 aliphatic carbocycles. The minimum Gasteiger partial charge on any atom is -0.497 e. The molecule has 3 rings (SSSR count). The Morgan fingerprint density at radius 2 is 1.92 bits per heavy atom. The molecule has 0 bridgehead atoms. The van der Waals surface area contributed by atoms with E-state index in [-0.39, 0.29) is 30.2 Å². The Morgan fingerprint density at radius 3 is 2.58 bits per heavy atom. The summed E-state index contributed by atoms with van der Waals surface area (Å²) in [5.74, 6) is 0.960. The van der Waals surface area contributed by atoms with Crippen LogP contribution in [0.15, 0.2) is 18.2 Å². The molecule has 1 aromatic carbocycles. The Hall–Kier alpha value is -2.04. The van der Waals surface area contributed by atoms with Crippen molar-refractivity contribution in [2.45, 2.75) is 44.9 Å². The summed E-state index contributed by atoms with van der Waals surface area (Å²) in [6, 6.07) is 6.28. The van der Waals surface area contributed by atoms with Gasteiger partial charge in [-0.2, -0.15) is 0 Å². The van der Waals surface area contributed by atoms with E-state index in [1.165, 1.54) is 25.3 Å². The Balaban J connectivity index is 1.97. The Kier molecular flexibility index (Phi) is 5.26. The van der Waals surface area contributed by atoms with Crippen LogP contribution in [0.4, 0.5) is 0 Å². The van der Waals surface area contributed by atoms with E-state index in [0.717, 1.165) is 25.0 Å². The first-order valence-corrected chi connectivity index (χ1v) is 9.26. The molecule has 142 valence electrons. The lowest BCUT2D eigenvalue weighted by molar-refractivity contribution is -0.163. The molecule has 0 amide bonds. The molecule has 0 radical (unpaired) electrons. The maximum Gasteiger partial charge on any atom is 0.311 e. The highest BCUT2D eigenvalue weighted by molar-refractivity contribution is 5.79. The maximum atomic E-state index is 12.6. The van der Waals surface area contributed by atoms with E-state index in [1.54, 1.807) is 7.11 Å². The third-order valence-corrected chi connectivity index (χ3v) is 6.59. The van der Waals surface area contributed by atoms with Crippen molar-refractivity contribution in [1.82, 2.24) is 0 Å². The number of carbonyl (C=O) groups is 2. The van der Waals surface area contributed by atoms with Crippen LogP contribution >= 0.6 is 0 Å². The summed E-state index contributed by atoms with van der Waals surface area (Å²) in [6.07, 6.45) is 3.79. The summed E-state index contributed by atoms with van der Waals surface area (Å²) in [5.41, 5.74) is 2.02. The zero-order valence-electron chi connectivity index (χ0n) is 16.0. The van der Waals surface area contributed by atoms with Crippen molar-refractivity contribution in [2.24, 2.45) is 17.3 Å². The minimum atomic E-state index is -0.645. The van der Waals surface area contributed by atoms with E-state index < -0.39 is 5.41 Å². The van der Waals surface area contributed by atoms with Crippen LogP contribution in [0.5, 0.6) is 5.75 Å². The molecule has 26 heavy (non-hydrogen) atoms. The number of fused-ring (bicyclic) bond motifs is 3. The highest BCUT2D eigenvalue weighted by Gasteiger charge is 2.53. The monoisotopic (exact) mass is 360 g/mol. The van der Waals surface area contributed by atoms with Gasteiger partial charge in [-0.15, -0.1) is 0 Å². The van der Waals surface area contributed by atoms with E-state index in [2.05, 4.69) is 12.1 Å². The second kappa shape index (κ2) is 7.29. The van der Waals surface area contributed by atoms with Gasteiger partial charge in [-0.05, 0) is 73.6 Å². The van der Waals surface area contributed by atoms with E-state index >= 15 is 0 Å². The number of ether oxygens (including phenoxy) is 3. The fourth-order valence-electron chi connectivity index (χ4n) is 5.13. The van der Waals surface area contributed by atoms with Crippen LogP contribution in [-0.4, -0.2) is 33.3 Å². The normalized spacial score (nSPS) is 29.9. The smallest absolute Gasteiger partial charge is 0.311 e. The van der Waals surface area contributed by atoms with Crippen molar-refractivity contribution in [3.63, 3.8) is 0 Å². The van der Waals surface area contributed by atoms with Gasteiger partial charge in [0.2, 0.25) is 0 Å². The number of carbonyl (C=O) groups excluding carboxylic acids is 2. The average Bonchev–Trinajstić information content (AvgIpc) is 2.68. The number of aryl methyl sites for hydroxylation is 1. The van der Waals surface area contributed by atoms with Crippen molar-refractivity contribution in [3.05, 3.63) is 29.3 Å². The van der Waals surface area contributed by atoms with Gasteiger partial charge in [-0.1, -0.05) is 6.07 Å². The summed E-state index contributed by atoms with van der Waals surface area (Å²) < 4.78 is 15.4. The number of hydrogen-bond donors (Lipinski definition) is 0. The van der Waals surface area contributed by atoms with Crippen molar-refractivity contribution < 1.29 is 23.8 Å². The Labute approximate surface area is 155 Å². The zero-order chi connectivity index (χ0) is 18.9. The van der Waals surface area contributed by atoms with Crippen LogP contribution in [-0.2, 0) is 25.5 Å². The fourth-order valence-corrected chi connectivity index (χ4v) is 5.13. The van der Waals surface area contributed by atoms with Crippen LogP contribution in [0.25, 0.3) is 0 Å². The standard InChI is InChI=1S/C21H28O5/c1-21(20(23)26-4)10-9-16-15-8-6-14(24-2)11-13(15)5-7-17(16)18(21)12-19(22)25-3/h6,8,11,16-18H,5,7,9-10,12H2,1-4H3/t16-,17-,18-,21-/m0/s1. The van der Waals surface area contributed by atoms with Gasteiger partial charge in [-0.3, -0.25) is 9.59 Å². The van der Waals surface area contributed by atoms with Gasteiger partial charge in [0.25, 0.3) is 0 Å². The Morgan fingerprint density at radius 1 is 1.15 bits per heavy atom.